The molecule has 1 aromatic carbocycles. The van der Waals surface area contributed by atoms with Gasteiger partial charge < -0.3 is 19.1 Å². The van der Waals surface area contributed by atoms with Crippen LogP contribution < -0.4 is 9.64 Å². The highest BCUT2D eigenvalue weighted by Crippen LogP contribution is 2.40. The van der Waals surface area contributed by atoms with Crippen molar-refractivity contribution >= 4 is 40.8 Å². The zero-order valence-electron chi connectivity index (χ0n) is 14.3. The maximum atomic E-state index is 12.7. The van der Waals surface area contributed by atoms with E-state index in [-0.39, 0.29) is 22.0 Å². The minimum atomic E-state index is -5.03. The van der Waals surface area contributed by atoms with E-state index < -0.39 is 29.1 Å². The van der Waals surface area contributed by atoms with Crippen LogP contribution in [0.5, 0.6) is 5.75 Å². The lowest BCUT2D eigenvalue weighted by Crippen LogP contribution is -2.27. The Bertz CT molecular complexity index is 894. The van der Waals surface area contributed by atoms with Crippen molar-refractivity contribution < 1.29 is 37.0 Å². The van der Waals surface area contributed by atoms with Crippen molar-refractivity contribution in [1.29, 1.82) is 0 Å². The van der Waals surface area contributed by atoms with Gasteiger partial charge in [0, 0.05) is 12.3 Å². The summed E-state index contributed by atoms with van der Waals surface area (Å²) in [5.74, 6) is -2.59. The summed E-state index contributed by atoms with van der Waals surface area (Å²) in [7, 11) is 2.18. The smallest absolute Gasteiger partial charge is 0.465 e. The summed E-state index contributed by atoms with van der Waals surface area (Å²) in [6.07, 6.45) is 0.445. The first-order valence-corrected chi connectivity index (χ1v) is 8.14. The molecule has 0 N–H and O–H groups in total. The molecule has 2 rings (SSSR count). The Morgan fingerprint density at radius 2 is 1.68 bits per heavy atom. The molecule has 0 aromatic heterocycles. The van der Waals surface area contributed by atoms with Crippen molar-refractivity contribution in [3.05, 3.63) is 57.9 Å². The van der Waals surface area contributed by atoms with Gasteiger partial charge >= 0.3 is 18.3 Å². The molecule has 6 nitrogen and oxygen atoms in total. The molecule has 0 unspecified atom stereocenters. The Labute approximate surface area is 167 Å². The molecule has 150 valence electrons. The standard InChI is InChI=1S/C17H12Cl2F3NO5/c1-26-15(24)10-5-3-4-6-23(14(10)16(25)27-2)9-7-11(18)13(19)12(8-9)28-17(20,21)22/h3-8H,1-2H3. The van der Waals surface area contributed by atoms with Crippen LogP contribution in [0.3, 0.4) is 0 Å². The number of hydrogen-bond acceptors (Lipinski definition) is 6. The molecule has 1 aliphatic heterocycles. The van der Waals surface area contributed by atoms with Crippen LogP contribution in [0.15, 0.2) is 47.8 Å². The van der Waals surface area contributed by atoms with Crippen LogP contribution >= 0.6 is 23.2 Å². The molecule has 28 heavy (non-hydrogen) atoms. The predicted molar refractivity (Wildman–Crippen MR) is 95.0 cm³/mol. The third-order valence-corrected chi connectivity index (χ3v) is 4.16. The van der Waals surface area contributed by atoms with E-state index in [0.717, 1.165) is 25.2 Å². The molecule has 1 aromatic rings. The lowest BCUT2D eigenvalue weighted by atomic mass is 10.1. The largest absolute Gasteiger partial charge is 0.573 e. The van der Waals surface area contributed by atoms with Crippen molar-refractivity contribution in [2.45, 2.75) is 6.36 Å². The van der Waals surface area contributed by atoms with Gasteiger partial charge in [-0.15, -0.1) is 13.2 Å². The second kappa shape index (κ2) is 8.57. The van der Waals surface area contributed by atoms with Gasteiger partial charge in [0.15, 0.2) is 5.75 Å². The molecule has 0 saturated carbocycles. The normalized spacial score (nSPS) is 14.0. The number of hydrogen-bond donors (Lipinski definition) is 0. The fourth-order valence-corrected chi connectivity index (χ4v) is 2.61. The Morgan fingerprint density at radius 3 is 2.25 bits per heavy atom. The SMILES string of the molecule is COC(=O)C1=C(C(=O)OC)N(c2cc(Cl)c(Cl)c(OC(F)(F)F)c2)C=CC=C1. The summed E-state index contributed by atoms with van der Waals surface area (Å²) in [6.45, 7) is 0. The summed E-state index contributed by atoms with van der Waals surface area (Å²) < 4.78 is 51.2. The summed E-state index contributed by atoms with van der Waals surface area (Å²) in [5, 5.41) is -0.746. The number of allylic oxidation sites excluding steroid dienone is 2. The van der Waals surface area contributed by atoms with Crippen molar-refractivity contribution in [3.63, 3.8) is 0 Å². The number of ether oxygens (including phenoxy) is 3. The number of alkyl halides is 3. The van der Waals surface area contributed by atoms with Gasteiger partial charge in [-0.25, -0.2) is 9.59 Å². The number of carbonyl (C=O) groups excluding carboxylic acids is 2. The highest BCUT2D eigenvalue weighted by molar-refractivity contribution is 6.43. The number of esters is 2. The predicted octanol–water partition coefficient (Wildman–Crippen LogP) is 4.38. The van der Waals surface area contributed by atoms with E-state index in [1.54, 1.807) is 0 Å². The minimum absolute atomic E-state index is 0.0459. The van der Waals surface area contributed by atoms with Gasteiger partial charge in [0.2, 0.25) is 0 Å². The van der Waals surface area contributed by atoms with E-state index in [4.69, 9.17) is 27.9 Å². The average molecular weight is 438 g/mol. The van der Waals surface area contributed by atoms with Crippen LogP contribution in [0.25, 0.3) is 0 Å². The molecule has 0 aliphatic carbocycles. The van der Waals surface area contributed by atoms with Crippen molar-refractivity contribution in [1.82, 2.24) is 0 Å². The molecule has 0 bridgehead atoms. The van der Waals surface area contributed by atoms with Gasteiger partial charge in [-0.05, 0) is 18.2 Å². The van der Waals surface area contributed by atoms with Crippen molar-refractivity contribution in [2.75, 3.05) is 19.1 Å². The fourth-order valence-electron chi connectivity index (χ4n) is 2.25. The minimum Gasteiger partial charge on any atom is -0.465 e. The van der Waals surface area contributed by atoms with E-state index in [1.807, 2.05) is 0 Å². The molecule has 0 atom stereocenters. The van der Waals surface area contributed by atoms with Gasteiger partial charge in [0.1, 0.15) is 10.7 Å². The van der Waals surface area contributed by atoms with Crippen LogP contribution in [0.4, 0.5) is 18.9 Å². The Hall–Kier alpha value is -2.65. The summed E-state index contributed by atoms with van der Waals surface area (Å²) in [6, 6.07) is 2.11. The summed E-state index contributed by atoms with van der Waals surface area (Å²) in [4.78, 5) is 25.5. The molecular weight excluding hydrogens is 426 g/mol. The van der Waals surface area contributed by atoms with Crippen molar-refractivity contribution in [2.24, 2.45) is 0 Å². The number of nitrogens with zero attached hydrogens (tertiary/aromatic N) is 1. The fraction of sp³-hybridized carbons (Fsp3) is 0.176. The van der Waals surface area contributed by atoms with Gasteiger partial charge in [-0.2, -0.15) is 0 Å². The topological polar surface area (TPSA) is 65.1 Å². The van der Waals surface area contributed by atoms with Gasteiger partial charge in [0.25, 0.3) is 0 Å². The summed E-state index contributed by atoms with van der Waals surface area (Å²) >= 11 is 11.7. The zero-order valence-corrected chi connectivity index (χ0v) is 15.9. The van der Waals surface area contributed by atoms with Crippen LogP contribution in [0.1, 0.15) is 0 Å². The number of benzene rings is 1. The van der Waals surface area contributed by atoms with Crippen LogP contribution in [0, 0.1) is 0 Å². The first kappa shape index (κ1) is 21.6. The third-order valence-electron chi connectivity index (χ3n) is 3.37. The van der Waals surface area contributed by atoms with E-state index in [0.29, 0.717) is 0 Å². The second-order valence-corrected chi connectivity index (χ2v) is 5.89. The van der Waals surface area contributed by atoms with Crippen LogP contribution in [0.2, 0.25) is 10.0 Å². The molecule has 1 heterocycles. The van der Waals surface area contributed by atoms with Crippen molar-refractivity contribution in [3.8, 4) is 5.75 Å². The lowest BCUT2D eigenvalue weighted by Gasteiger charge is -2.24. The maximum Gasteiger partial charge on any atom is 0.573 e. The van der Waals surface area contributed by atoms with E-state index in [2.05, 4.69) is 9.47 Å². The number of carbonyl (C=O) groups is 2. The van der Waals surface area contributed by atoms with Crippen LogP contribution in [-0.2, 0) is 19.1 Å². The second-order valence-electron chi connectivity index (χ2n) is 5.10. The monoisotopic (exact) mass is 437 g/mol. The van der Waals surface area contributed by atoms with Gasteiger partial charge in [-0.3, -0.25) is 0 Å². The number of methoxy groups -OCH3 is 2. The Balaban J connectivity index is 2.70. The Morgan fingerprint density at radius 1 is 1.04 bits per heavy atom. The maximum absolute atomic E-state index is 12.7. The lowest BCUT2D eigenvalue weighted by molar-refractivity contribution is -0.274. The number of anilines is 1. The third kappa shape index (κ3) is 4.79. The summed E-state index contributed by atoms with van der Waals surface area (Å²) in [5.41, 5.74) is -0.546. The Kier molecular flexibility index (Phi) is 6.63. The van der Waals surface area contributed by atoms with Gasteiger partial charge in [-0.1, -0.05) is 29.3 Å². The molecule has 0 spiro atoms. The van der Waals surface area contributed by atoms with E-state index in [9.17, 15) is 22.8 Å². The molecule has 0 amide bonds. The number of halogens is 5. The van der Waals surface area contributed by atoms with Gasteiger partial charge in [0.05, 0.1) is 30.5 Å². The number of rotatable bonds is 4. The molecular formula is C17H12Cl2F3NO5. The zero-order chi connectivity index (χ0) is 21.1. The molecule has 0 fully saturated rings. The van der Waals surface area contributed by atoms with Crippen LogP contribution in [-0.4, -0.2) is 32.5 Å². The highest BCUT2D eigenvalue weighted by atomic mass is 35.5. The quantitative estimate of drug-likeness (QED) is 0.651. The first-order valence-electron chi connectivity index (χ1n) is 7.38. The van der Waals surface area contributed by atoms with E-state index in [1.165, 1.54) is 30.5 Å². The molecule has 0 radical (unpaired) electrons. The molecule has 11 heteroatoms. The first-order chi connectivity index (χ1) is 13.1. The molecule has 0 saturated heterocycles. The van der Waals surface area contributed by atoms with E-state index >= 15 is 0 Å². The molecule has 1 aliphatic rings. The highest BCUT2D eigenvalue weighted by Gasteiger charge is 2.34. The average Bonchev–Trinajstić information content (AvgIpc) is 2.85.